The molecular formula is C18H20N2O4. The topological polar surface area (TPSA) is 76.7 Å². The third-order valence-corrected chi connectivity index (χ3v) is 3.37. The van der Waals surface area contributed by atoms with Crippen LogP contribution < -0.4 is 20.1 Å². The van der Waals surface area contributed by atoms with Crippen molar-refractivity contribution in [2.75, 3.05) is 24.9 Å². The van der Waals surface area contributed by atoms with Crippen LogP contribution in [0.1, 0.15) is 23.7 Å². The minimum absolute atomic E-state index is 0.0848. The standard InChI is InChI=1S/C18H20N2O4/c1-4-17(21)19-13-6-5-7-14(11-13)20-18(22)12-8-9-15(23-2)16(10-12)24-3/h5-11H,4H2,1-3H3,(H,19,21)(H,20,22). The zero-order valence-corrected chi connectivity index (χ0v) is 13.9. The maximum atomic E-state index is 12.4. The summed E-state index contributed by atoms with van der Waals surface area (Å²) >= 11 is 0. The second kappa shape index (κ2) is 8.01. The normalized spacial score (nSPS) is 9.96. The van der Waals surface area contributed by atoms with E-state index in [4.69, 9.17) is 9.47 Å². The number of ether oxygens (including phenoxy) is 2. The van der Waals surface area contributed by atoms with Gasteiger partial charge in [-0.3, -0.25) is 9.59 Å². The lowest BCUT2D eigenvalue weighted by Crippen LogP contribution is -2.13. The van der Waals surface area contributed by atoms with Crippen molar-refractivity contribution in [3.8, 4) is 11.5 Å². The molecular weight excluding hydrogens is 308 g/mol. The summed E-state index contributed by atoms with van der Waals surface area (Å²) in [4.78, 5) is 23.8. The van der Waals surface area contributed by atoms with Gasteiger partial charge in [-0.1, -0.05) is 13.0 Å². The van der Waals surface area contributed by atoms with E-state index in [9.17, 15) is 9.59 Å². The number of methoxy groups -OCH3 is 2. The van der Waals surface area contributed by atoms with Gasteiger partial charge in [0.15, 0.2) is 11.5 Å². The van der Waals surface area contributed by atoms with E-state index in [2.05, 4.69) is 10.6 Å². The average Bonchev–Trinajstić information content (AvgIpc) is 2.61. The highest BCUT2D eigenvalue weighted by Gasteiger charge is 2.11. The molecule has 2 aromatic carbocycles. The molecule has 0 heterocycles. The number of anilines is 2. The van der Waals surface area contributed by atoms with Gasteiger partial charge in [0, 0.05) is 23.4 Å². The van der Waals surface area contributed by atoms with E-state index in [0.29, 0.717) is 34.9 Å². The molecule has 2 aromatic rings. The fourth-order valence-corrected chi connectivity index (χ4v) is 2.10. The van der Waals surface area contributed by atoms with Crippen LogP contribution >= 0.6 is 0 Å². The molecule has 0 bridgehead atoms. The van der Waals surface area contributed by atoms with Crippen molar-refractivity contribution in [1.82, 2.24) is 0 Å². The Balaban J connectivity index is 2.15. The van der Waals surface area contributed by atoms with Crippen LogP contribution in [0.3, 0.4) is 0 Å². The molecule has 0 aliphatic rings. The van der Waals surface area contributed by atoms with E-state index in [1.807, 2.05) is 0 Å². The van der Waals surface area contributed by atoms with Gasteiger partial charge in [-0.25, -0.2) is 0 Å². The fraction of sp³-hybridized carbons (Fsp3) is 0.222. The van der Waals surface area contributed by atoms with Gasteiger partial charge >= 0.3 is 0 Å². The molecule has 126 valence electrons. The predicted molar refractivity (Wildman–Crippen MR) is 92.9 cm³/mol. The Morgan fingerprint density at radius 2 is 1.58 bits per heavy atom. The van der Waals surface area contributed by atoms with Crippen LogP contribution in [-0.2, 0) is 4.79 Å². The number of hydrogen-bond donors (Lipinski definition) is 2. The largest absolute Gasteiger partial charge is 0.493 e. The highest BCUT2D eigenvalue weighted by Crippen LogP contribution is 2.28. The fourth-order valence-electron chi connectivity index (χ4n) is 2.10. The van der Waals surface area contributed by atoms with Crippen molar-refractivity contribution >= 4 is 23.2 Å². The van der Waals surface area contributed by atoms with Gasteiger partial charge in [-0.05, 0) is 36.4 Å². The molecule has 2 amide bonds. The molecule has 0 unspecified atom stereocenters. The van der Waals surface area contributed by atoms with E-state index in [0.717, 1.165) is 0 Å². The molecule has 0 saturated carbocycles. The van der Waals surface area contributed by atoms with Crippen molar-refractivity contribution in [1.29, 1.82) is 0 Å². The first kappa shape index (κ1) is 17.3. The molecule has 0 radical (unpaired) electrons. The number of nitrogens with one attached hydrogen (secondary N) is 2. The average molecular weight is 328 g/mol. The van der Waals surface area contributed by atoms with Crippen LogP contribution in [0.5, 0.6) is 11.5 Å². The first-order valence-electron chi connectivity index (χ1n) is 7.50. The Morgan fingerprint density at radius 3 is 2.21 bits per heavy atom. The minimum Gasteiger partial charge on any atom is -0.493 e. The molecule has 0 aromatic heterocycles. The Labute approximate surface area is 140 Å². The van der Waals surface area contributed by atoms with Crippen LogP contribution in [-0.4, -0.2) is 26.0 Å². The number of rotatable bonds is 6. The van der Waals surface area contributed by atoms with Gasteiger partial charge < -0.3 is 20.1 Å². The second-order valence-corrected chi connectivity index (χ2v) is 5.01. The summed E-state index contributed by atoms with van der Waals surface area (Å²) in [6.45, 7) is 1.78. The van der Waals surface area contributed by atoms with Gasteiger partial charge in [0.05, 0.1) is 14.2 Å². The zero-order valence-electron chi connectivity index (χ0n) is 13.9. The molecule has 24 heavy (non-hydrogen) atoms. The van der Waals surface area contributed by atoms with E-state index >= 15 is 0 Å². The molecule has 6 heteroatoms. The van der Waals surface area contributed by atoms with Crippen molar-refractivity contribution in [3.63, 3.8) is 0 Å². The van der Waals surface area contributed by atoms with Gasteiger partial charge in [0.1, 0.15) is 0 Å². The number of hydrogen-bond acceptors (Lipinski definition) is 4. The summed E-state index contributed by atoms with van der Waals surface area (Å²) in [7, 11) is 3.05. The van der Waals surface area contributed by atoms with E-state index in [1.165, 1.54) is 14.2 Å². The maximum absolute atomic E-state index is 12.4. The summed E-state index contributed by atoms with van der Waals surface area (Å²) < 4.78 is 10.4. The van der Waals surface area contributed by atoms with Crippen LogP contribution in [0.4, 0.5) is 11.4 Å². The molecule has 0 fully saturated rings. The summed E-state index contributed by atoms with van der Waals surface area (Å²) in [5.74, 6) is 0.667. The molecule has 0 saturated heterocycles. The number of amides is 2. The summed E-state index contributed by atoms with van der Waals surface area (Å²) in [5.41, 5.74) is 1.66. The molecule has 6 nitrogen and oxygen atoms in total. The second-order valence-electron chi connectivity index (χ2n) is 5.01. The third kappa shape index (κ3) is 4.25. The Kier molecular flexibility index (Phi) is 5.78. The lowest BCUT2D eigenvalue weighted by molar-refractivity contribution is -0.115. The zero-order chi connectivity index (χ0) is 17.5. The Morgan fingerprint density at radius 1 is 0.917 bits per heavy atom. The lowest BCUT2D eigenvalue weighted by atomic mass is 10.1. The number of carbonyl (C=O) groups excluding carboxylic acids is 2. The Bertz CT molecular complexity index is 744. The molecule has 0 aliphatic carbocycles. The molecule has 2 N–H and O–H groups in total. The number of carbonyl (C=O) groups is 2. The van der Waals surface area contributed by atoms with Crippen LogP contribution in [0, 0.1) is 0 Å². The van der Waals surface area contributed by atoms with Crippen LogP contribution in [0.25, 0.3) is 0 Å². The first-order valence-corrected chi connectivity index (χ1v) is 7.50. The highest BCUT2D eigenvalue weighted by molar-refractivity contribution is 6.05. The highest BCUT2D eigenvalue weighted by atomic mass is 16.5. The SMILES string of the molecule is CCC(=O)Nc1cccc(NC(=O)c2ccc(OC)c(OC)c2)c1. The summed E-state index contributed by atoms with van der Waals surface area (Å²) in [6.07, 6.45) is 0.391. The molecule has 0 spiro atoms. The predicted octanol–water partition coefficient (Wildman–Crippen LogP) is 3.30. The van der Waals surface area contributed by atoms with Gasteiger partial charge in [-0.15, -0.1) is 0 Å². The monoisotopic (exact) mass is 328 g/mol. The quantitative estimate of drug-likeness (QED) is 0.853. The maximum Gasteiger partial charge on any atom is 0.255 e. The number of benzene rings is 2. The smallest absolute Gasteiger partial charge is 0.255 e. The molecule has 0 atom stereocenters. The van der Waals surface area contributed by atoms with Crippen LogP contribution in [0.15, 0.2) is 42.5 Å². The van der Waals surface area contributed by atoms with E-state index in [-0.39, 0.29) is 11.8 Å². The minimum atomic E-state index is -0.282. The van der Waals surface area contributed by atoms with Crippen molar-refractivity contribution in [2.24, 2.45) is 0 Å². The summed E-state index contributed by atoms with van der Waals surface area (Å²) in [6, 6.07) is 11.9. The first-order chi connectivity index (χ1) is 11.6. The lowest BCUT2D eigenvalue weighted by Gasteiger charge is -2.11. The Hall–Kier alpha value is -3.02. The van der Waals surface area contributed by atoms with E-state index < -0.39 is 0 Å². The van der Waals surface area contributed by atoms with Crippen molar-refractivity contribution in [2.45, 2.75) is 13.3 Å². The summed E-state index contributed by atoms with van der Waals surface area (Å²) in [5, 5.41) is 5.54. The van der Waals surface area contributed by atoms with Gasteiger partial charge in [0.25, 0.3) is 5.91 Å². The van der Waals surface area contributed by atoms with Gasteiger partial charge in [-0.2, -0.15) is 0 Å². The molecule has 0 aliphatic heterocycles. The van der Waals surface area contributed by atoms with Crippen molar-refractivity contribution in [3.05, 3.63) is 48.0 Å². The molecule has 2 rings (SSSR count). The van der Waals surface area contributed by atoms with Gasteiger partial charge in [0.2, 0.25) is 5.91 Å². The van der Waals surface area contributed by atoms with E-state index in [1.54, 1.807) is 49.4 Å². The third-order valence-electron chi connectivity index (χ3n) is 3.37. The van der Waals surface area contributed by atoms with Crippen molar-refractivity contribution < 1.29 is 19.1 Å². The van der Waals surface area contributed by atoms with Crippen LogP contribution in [0.2, 0.25) is 0 Å².